The van der Waals surface area contributed by atoms with Crippen molar-refractivity contribution in [1.82, 2.24) is 9.97 Å². The molecule has 0 bridgehead atoms. The zero-order chi connectivity index (χ0) is 17.1. The van der Waals surface area contributed by atoms with Crippen LogP contribution in [0, 0.1) is 0 Å². The summed E-state index contributed by atoms with van der Waals surface area (Å²) in [6, 6.07) is 9.11. The van der Waals surface area contributed by atoms with Crippen molar-refractivity contribution in [2.24, 2.45) is 0 Å². The largest absolute Gasteiger partial charge is 0.492 e. The highest BCUT2D eigenvalue weighted by atomic mass is 35.5. The molecule has 0 aliphatic rings. The van der Waals surface area contributed by atoms with Gasteiger partial charge in [-0.3, -0.25) is 0 Å². The van der Waals surface area contributed by atoms with Crippen molar-refractivity contribution in [3.63, 3.8) is 0 Å². The van der Waals surface area contributed by atoms with E-state index in [2.05, 4.69) is 15.3 Å². The fourth-order valence-corrected chi connectivity index (χ4v) is 3.04. The van der Waals surface area contributed by atoms with E-state index in [1.807, 2.05) is 31.2 Å². The van der Waals surface area contributed by atoms with E-state index >= 15 is 0 Å². The second-order valence-corrected chi connectivity index (χ2v) is 6.26. The SMILES string of the molecule is CCCOc1c(Cl)cc(Cl)cc1CNc1ccc2[nH]c(=O)[nH]c2c1. The Labute approximate surface area is 148 Å². The van der Waals surface area contributed by atoms with Gasteiger partial charge in [0.1, 0.15) is 5.75 Å². The predicted octanol–water partition coefficient (Wildman–Crippen LogP) is 4.56. The lowest BCUT2D eigenvalue weighted by atomic mass is 10.2. The van der Waals surface area contributed by atoms with Gasteiger partial charge in [-0.05, 0) is 36.8 Å². The van der Waals surface area contributed by atoms with Crippen LogP contribution in [0.5, 0.6) is 5.75 Å². The lowest BCUT2D eigenvalue weighted by molar-refractivity contribution is 0.314. The maximum absolute atomic E-state index is 11.3. The summed E-state index contributed by atoms with van der Waals surface area (Å²) >= 11 is 12.4. The molecule has 3 aromatic rings. The van der Waals surface area contributed by atoms with Gasteiger partial charge in [-0.2, -0.15) is 0 Å². The number of nitrogens with one attached hydrogen (secondary N) is 3. The highest BCUT2D eigenvalue weighted by molar-refractivity contribution is 6.35. The fourth-order valence-electron chi connectivity index (χ4n) is 2.45. The molecule has 0 unspecified atom stereocenters. The van der Waals surface area contributed by atoms with Gasteiger partial charge in [0, 0.05) is 22.8 Å². The first-order valence-corrected chi connectivity index (χ1v) is 8.39. The molecule has 7 heteroatoms. The van der Waals surface area contributed by atoms with Gasteiger partial charge in [-0.1, -0.05) is 30.1 Å². The number of rotatable bonds is 6. The Bertz CT molecular complexity index is 918. The summed E-state index contributed by atoms with van der Waals surface area (Å²) in [5.41, 5.74) is 3.04. The molecule has 0 aliphatic heterocycles. The van der Waals surface area contributed by atoms with Gasteiger partial charge in [-0.25, -0.2) is 4.79 Å². The molecule has 1 aromatic heterocycles. The first-order chi connectivity index (χ1) is 11.6. The van der Waals surface area contributed by atoms with E-state index in [0.717, 1.165) is 28.7 Å². The average molecular weight is 366 g/mol. The third-order valence-electron chi connectivity index (χ3n) is 3.53. The molecule has 3 N–H and O–H groups in total. The molecule has 0 aliphatic carbocycles. The van der Waals surface area contributed by atoms with Crippen molar-refractivity contribution in [1.29, 1.82) is 0 Å². The number of H-pyrrole nitrogens is 2. The Hall–Kier alpha value is -2.11. The van der Waals surface area contributed by atoms with E-state index in [1.54, 1.807) is 6.07 Å². The molecule has 0 saturated carbocycles. The molecular formula is C17H17Cl2N3O2. The first kappa shape index (κ1) is 16.7. The molecule has 0 amide bonds. The zero-order valence-electron chi connectivity index (χ0n) is 13.1. The summed E-state index contributed by atoms with van der Waals surface area (Å²) in [5.74, 6) is 0.645. The summed E-state index contributed by atoms with van der Waals surface area (Å²) in [7, 11) is 0. The van der Waals surface area contributed by atoms with E-state index in [9.17, 15) is 4.79 Å². The maximum atomic E-state index is 11.3. The lowest BCUT2D eigenvalue weighted by Crippen LogP contribution is -2.05. The quantitative estimate of drug-likeness (QED) is 0.599. The standard InChI is InChI=1S/C17H17Cl2N3O2/c1-2-5-24-16-10(6-11(18)7-13(16)19)9-20-12-3-4-14-15(8-12)22-17(23)21-14/h3-4,6-8,20H,2,5,9H2,1H3,(H2,21,22,23). The van der Waals surface area contributed by atoms with E-state index in [0.29, 0.717) is 28.9 Å². The van der Waals surface area contributed by atoms with Crippen LogP contribution in [0.15, 0.2) is 35.1 Å². The minimum absolute atomic E-state index is 0.223. The normalized spacial score (nSPS) is 11.0. The van der Waals surface area contributed by atoms with Crippen molar-refractivity contribution in [3.8, 4) is 5.75 Å². The van der Waals surface area contributed by atoms with Crippen molar-refractivity contribution < 1.29 is 4.74 Å². The smallest absolute Gasteiger partial charge is 0.323 e. The van der Waals surface area contributed by atoms with Crippen molar-refractivity contribution in [3.05, 3.63) is 56.4 Å². The second kappa shape index (κ2) is 7.20. The average Bonchev–Trinajstić information content (AvgIpc) is 2.91. The van der Waals surface area contributed by atoms with Crippen LogP contribution in [0.2, 0.25) is 10.0 Å². The number of benzene rings is 2. The number of ether oxygens (including phenoxy) is 1. The number of anilines is 1. The Kier molecular flexibility index (Phi) is 5.02. The fraction of sp³-hybridized carbons (Fsp3) is 0.235. The molecule has 0 saturated heterocycles. The number of aromatic amines is 2. The highest BCUT2D eigenvalue weighted by Crippen LogP contribution is 2.33. The van der Waals surface area contributed by atoms with Crippen LogP contribution < -0.4 is 15.7 Å². The van der Waals surface area contributed by atoms with Crippen molar-refractivity contribution in [2.75, 3.05) is 11.9 Å². The van der Waals surface area contributed by atoms with Gasteiger partial charge >= 0.3 is 5.69 Å². The molecular weight excluding hydrogens is 349 g/mol. The third-order valence-corrected chi connectivity index (χ3v) is 4.03. The van der Waals surface area contributed by atoms with Crippen molar-refractivity contribution in [2.45, 2.75) is 19.9 Å². The maximum Gasteiger partial charge on any atom is 0.323 e. The number of imidazole rings is 1. The Balaban J connectivity index is 1.82. The van der Waals surface area contributed by atoms with Gasteiger partial charge in [0.15, 0.2) is 0 Å². The van der Waals surface area contributed by atoms with Gasteiger partial charge in [0.05, 0.1) is 22.7 Å². The summed E-state index contributed by atoms with van der Waals surface area (Å²) in [6.45, 7) is 3.12. The van der Waals surface area contributed by atoms with E-state index in [4.69, 9.17) is 27.9 Å². The molecule has 5 nitrogen and oxygen atoms in total. The van der Waals surface area contributed by atoms with E-state index in [1.165, 1.54) is 0 Å². The molecule has 0 atom stereocenters. The molecule has 24 heavy (non-hydrogen) atoms. The Morgan fingerprint density at radius 3 is 2.71 bits per heavy atom. The van der Waals surface area contributed by atoms with Crippen LogP contribution >= 0.6 is 23.2 Å². The topological polar surface area (TPSA) is 69.9 Å². The van der Waals surface area contributed by atoms with Gasteiger partial charge in [-0.15, -0.1) is 0 Å². The minimum atomic E-state index is -0.223. The Morgan fingerprint density at radius 2 is 1.92 bits per heavy atom. The molecule has 1 heterocycles. The van der Waals surface area contributed by atoms with Gasteiger partial charge in [0.2, 0.25) is 0 Å². The van der Waals surface area contributed by atoms with Crippen LogP contribution in [-0.2, 0) is 6.54 Å². The highest BCUT2D eigenvalue weighted by Gasteiger charge is 2.11. The molecule has 3 rings (SSSR count). The number of fused-ring (bicyclic) bond motifs is 1. The number of hydrogen-bond donors (Lipinski definition) is 3. The van der Waals surface area contributed by atoms with Crippen LogP contribution in [0.1, 0.15) is 18.9 Å². The third kappa shape index (κ3) is 3.68. The molecule has 126 valence electrons. The lowest BCUT2D eigenvalue weighted by Gasteiger charge is -2.14. The number of halogens is 2. The second-order valence-electron chi connectivity index (χ2n) is 5.42. The van der Waals surface area contributed by atoms with Crippen molar-refractivity contribution >= 4 is 39.9 Å². The summed E-state index contributed by atoms with van der Waals surface area (Å²) in [5, 5.41) is 4.36. The summed E-state index contributed by atoms with van der Waals surface area (Å²) < 4.78 is 5.75. The Morgan fingerprint density at radius 1 is 1.12 bits per heavy atom. The zero-order valence-corrected chi connectivity index (χ0v) is 14.6. The first-order valence-electron chi connectivity index (χ1n) is 7.63. The van der Waals surface area contributed by atoms with E-state index in [-0.39, 0.29) is 5.69 Å². The number of hydrogen-bond acceptors (Lipinski definition) is 3. The monoisotopic (exact) mass is 365 g/mol. The van der Waals surface area contributed by atoms with E-state index < -0.39 is 0 Å². The minimum Gasteiger partial charge on any atom is -0.492 e. The molecule has 2 aromatic carbocycles. The van der Waals surface area contributed by atoms with Crippen LogP contribution in [-0.4, -0.2) is 16.6 Å². The van der Waals surface area contributed by atoms with Gasteiger partial charge in [0.25, 0.3) is 0 Å². The van der Waals surface area contributed by atoms with Crippen LogP contribution in [0.3, 0.4) is 0 Å². The summed E-state index contributed by atoms with van der Waals surface area (Å²) in [6.07, 6.45) is 0.892. The summed E-state index contributed by atoms with van der Waals surface area (Å²) in [4.78, 5) is 16.8. The molecule has 0 fully saturated rings. The van der Waals surface area contributed by atoms with Crippen LogP contribution in [0.4, 0.5) is 5.69 Å². The number of aromatic nitrogens is 2. The molecule has 0 spiro atoms. The van der Waals surface area contributed by atoms with Crippen LogP contribution in [0.25, 0.3) is 11.0 Å². The predicted molar refractivity (Wildman–Crippen MR) is 98.5 cm³/mol. The van der Waals surface area contributed by atoms with Gasteiger partial charge < -0.3 is 20.0 Å². The molecule has 0 radical (unpaired) electrons.